The van der Waals surface area contributed by atoms with Gasteiger partial charge in [-0.3, -0.25) is 4.79 Å². The van der Waals surface area contributed by atoms with Crippen LogP contribution < -0.4 is 10.6 Å². The number of rotatable bonds is 5. The summed E-state index contributed by atoms with van der Waals surface area (Å²) >= 11 is 5.91. The topological polar surface area (TPSA) is 41.1 Å². The Hall–Kier alpha value is -1.98. The van der Waals surface area contributed by atoms with Crippen LogP contribution in [0.25, 0.3) is 0 Å². The van der Waals surface area contributed by atoms with Crippen LogP contribution in [-0.4, -0.2) is 12.5 Å². The summed E-state index contributed by atoms with van der Waals surface area (Å²) in [6, 6.07) is 10.0. The second-order valence-corrected chi connectivity index (χ2v) is 5.27. The fraction of sp³-hybridized carbons (Fsp3) is 0.188. The van der Waals surface area contributed by atoms with Crippen molar-refractivity contribution in [2.75, 3.05) is 11.9 Å². The summed E-state index contributed by atoms with van der Waals surface area (Å²) < 4.78 is 26.4. The molecule has 2 rings (SSSR count). The molecular formula is C16H15ClF2N2O. The molecule has 0 saturated carbocycles. The van der Waals surface area contributed by atoms with Gasteiger partial charge in [-0.2, -0.15) is 0 Å². The standard InChI is InChI=1S/C16H15ClF2N2O/c1-10(11-3-2-4-12(17)7-11)20-9-16(22)21-15-8-13(18)5-6-14(15)19/h2-8,10,20H,9H2,1H3,(H,21,22)/t10-/m0/s1. The first-order valence-corrected chi connectivity index (χ1v) is 7.07. The smallest absolute Gasteiger partial charge is 0.238 e. The van der Waals surface area contributed by atoms with Crippen LogP contribution in [0.5, 0.6) is 0 Å². The van der Waals surface area contributed by atoms with Crippen molar-refractivity contribution in [1.29, 1.82) is 0 Å². The number of amides is 1. The van der Waals surface area contributed by atoms with Crippen LogP contribution in [0, 0.1) is 11.6 Å². The highest BCUT2D eigenvalue weighted by Gasteiger charge is 2.11. The van der Waals surface area contributed by atoms with Crippen molar-refractivity contribution < 1.29 is 13.6 Å². The monoisotopic (exact) mass is 324 g/mol. The molecular weight excluding hydrogens is 310 g/mol. The van der Waals surface area contributed by atoms with Crippen molar-refractivity contribution in [1.82, 2.24) is 5.32 Å². The maximum atomic E-state index is 13.4. The molecule has 0 aliphatic rings. The molecule has 6 heteroatoms. The lowest BCUT2D eigenvalue weighted by Gasteiger charge is -2.14. The summed E-state index contributed by atoms with van der Waals surface area (Å²) in [6.45, 7) is 1.84. The van der Waals surface area contributed by atoms with Gasteiger partial charge in [0.05, 0.1) is 12.2 Å². The maximum absolute atomic E-state index is 13.4. The summed E-state index contributed by atoms with van der Waals surface area (Å²) in [5.41, 5.74) is 0.749. The molecule has 116 valence electrons. The molecule has 0 aliphatic heterocycles. The van der Waals surface area contributed by atoms with Gasteiger partial charge in [0.1, 0.15) is 11.6 Å². The van der Waals surface area contributed by atoms with Gasteiger partial charge in [-0.1, -0.05) is 23.7 Å². The average Bonchev–Trinajstić information content (AvgIpc) is 2.48. The third-order valence-electron chi connectivity index (χ3n) is 3.12. The third-order valence-corrected chi connectivity index (χ3v) is 3.36. The van der Waals surface area contributed by atoms with E-state index < -0.39 is 17.5 Å². The largest absolute Gasteiger partial charge is 0.322 e. The van der Waals surface area contributed by atoms with Gasteiger partial charge in [0, 0.05) is 17.1 Å². The summed E-state index contributed by atoms with van der Waals surface area (Å²) in [7, 11) is 0. The first kappa shape index (κ1) is 16.4. The Labute approximate surface area is 132 Å². The lowest BCUT2D eigenvalue weighted by molar-refractivity contribution is -0.115. The van der Waals surface area contributed by atoms with Crippen LogP contribution in [-0.2, 0) is 4.79 Å². The predicted octanol–water partition coefficient (Wildman–Crippen LogP) is 3.91. The highest BCUT2D eigenvalue weighted by molar-refractivity contribution is 6.30. The van der Waals surface area contributed by atoms with Gasteiger partial charge in [0.2, 0.25) is 5.91 Å². The number of hydrogen-bond donors (Lipinski definition) is 2. The van der Waals surface area contributed by atoms with E-state index in [1.54, 1.807) is 12.1 Å². The molecule has 0 spiro atoms. The quantitative estimate of drug-likeness (QED) is 0.875. The van der Waals surface area contributed by atoms with Crippen molar-refractivity contribution in [3.63, 3.8) is 0 Å². The van der Waals surface area contributed by atoms with Gasteiger partial charge in [-0.05, 0) is 36.8 Å². The Kier molecular flexibility index (Phi) is 5.46. The van der Waals surface area contributed by atoms with Crippen LogP contribution in [0.15, 0.2) is 42.5 Å². The molecule has 2 aromatic rings. The minimum atomic E-state index is -0.683. The van der Waals surface area contributed by atoms with E-state index >= 15 is 0 Å². The second kappa shape index (κ2) is 7.33. The van der Waals surface area contributed by atoms with Gasteiger partial charge in [0.25, 0.3) is 0 Å². The number of halogens is 3. The molecule has 3 nitrogen and oxygen atoms in total. The minimum absolute atomic E-state index is 0.0381. The Morgan fingerprint density at radius 3 is 2.73 bits per heavy atom. The number of benzene rings is 2. The van der Waals surface area contributed by atoms with E-state index in [0.717, 1.165) is 23.8 Å². The van der Waals surface area contributed by atoms with E-state index in [4.69, 9.17) is 11.6 Å². The van der Waals surface area contributed by atoms with E-state index in [9.17, 15) is 13.6 Å². The van der Waals surface area contributed by atoms with E-state index in [1.807, 2.05) is 19.1 Å². The molecule has 0 radical (unpaired) electrons. The lowest BCUT2D eigenvalue weighted by Crippen LogP contribution is -2.30. The summed E-state index contributed by atoms with van der Waals surface area (Å²) in [4.78, 5) is 11.8. The first-order valence-electron chi connectivity index (χ1n) is 6.69. The number of carbonyl (C=O) groups excluding carboxylic acids is 1. The van der Waals surface area contributed by atoms with Gasteiger partial charge in [-0.25, -0.2) is 8.78 Å². The van der Waals surface area contributed by atoms with Gasteiger partial charge in [-0.15, -0.1) is 0 Å². The van der Waals surface area contributed by atoms with Crippen molar-refractivity contribution in [2.45, 2.75) is 13.0 Å². The predicted molar refractivity (Wildman–Crippen MR) is 82.9 cm³/mol. The molecule has 0 fully saturated rings. The summed E-state index contributed by atoms with van der Waals surface area (Å²) in [5, 5.41) is 5.93. The van der Waals surface area contributed by atoms with Crippen LogP contribution in [0.3, 0.4) is 0 Å². The summed E-state index contributed by atoms with van der Waals surface area (Å²) in [6.07, 6.45) is 0. The number of carbonyl (C=O) groups is 1. The SMILES string of the molecule is C[C@H](NCC(=O)Nc1cc(F)ccc1F)c1cccc(Cl)c1. The zero-order valence-electron chi connectivity index (χ0n) is 11.9. The highest BCUT2D eigenvalue weighted by atomic mass is 35.5. The van der Waals surface area contributed by atoms with Crippen LogP contribution in [0.4, 0.5) is 14.5 Å². The molecule has 22 heavy (non-hydrogen) atoms. The number of hydrogen-bond acceptors (Lipinski definition) is 2. The Morgan fingerprint density at radius 1 is 1.23 bits per heavy atom. The molecule has 0 aromatic heterocycles. The second-order valence-electron chi connectivity index (χ2n) is 4.83. The van der Waals surface area contributed by atoms with E-state index in [2.05, 4.69) is 10.6 Å². The van der Waals surface area contributed by atoms with Gasteiger partial charge in [0.15, 0.2) is 0 Å². The van der Waals surface area contributed by atoms with Crippen molar-refractivity contribution >= 4 is 23.2 Å². The van der Waals surface area contributed by atoms with Crippen LogP contribution in [0.2, 0.25) is 5.02 Å². The summed E-state index contributed by atoms with van der Waals surface area (Å²) in [5.74, 6) is -1.76. The number of nitrogens with one attached hydrogen (secondary N) is 2. The molecule has 1 atom stereocenters. The highest BCUT2D eigenvalue weighted by Crippen LogP contribution is 2.17. The van der Waals surface area contributed by atoms with Crippen molar-refractivity contribution in [2.24, 2.45) is 0 Å². The molecule has 0 saturated heterocycles. The normalized spacial score (nSPS) is 12.0. The fourth-order valence-corrected chi connectivity index (χ4v) is 2.13. The zero-order chi connectivity index (χ0) is 16.1. The Balaban J connectivity index is 1.91. The molecule has 0 heterocycles. The average molecular weight is 325 g/mol. The van der Waals surface area contributed by atoms with Crippen LogP contribution >= 0.6 is 11.6 Å². The molecule has 0 aliphatic carbocycles. The van der Waals surface area contributed by atoms with Crippen LogP contribution in [0.1, 0.15) is 18.5 Å². The van der Waals surface area contributed by atoms with Crippen molar-refractivity contribution in [3.05, 3.63) is 64.7 Å². The molecule has 1 amide bonds. The van der Waals surface area contributed by atoms with E-state index in [-0.39, 0.29) is 18.3 Å². The van der Waals surface area contributed by atoms with Gasteiger partial charge >= 0.3 is 0 Å². The van der Waals surface area contributed by atoms with Crippen molar-refractivity contribution in [3.8, 4) is 0 Å². The van der Waals surface area contributed by atoms with Gasteiger partial charge < -0.3 is 10.6 Å². The zero-order valence-corrected chi connectivity index (χ0v) is 12.6. The Bertz CT molecular complexity index is 679. The molecule has 0 unspecified atom stereocenters. The first-order chi connectivity index (χ1) is 10.5. The van der Waals surface area contributed by atoms with E-state index in [1.165, 1.54) is 0 Å². The number of anilines is 1. The Morgan fingerprint density at radius 2 is 2.00 bits per heavy atom. The maximum Gasteiger partial charge on any atom is 0.238 e. The lowest BCUT2D eigenvalue weighted by atomic mass is 10.1. The minimum Gasteiger partial charge on any atom is -0.322 e. The third kappa shape index (κ3) is 4.51. The molecule has 2 N–H and O–H groups in total. The fourth-order valence-electron chi connectivity index (χ4n) is 1.93. The van der Waals surface area contributed by atoms with E-state index in [0.29, 0.717) is 5.02 Å². The molecule has 2 aromatic carbocycles. The molecule has 0 bridgehead atoms.